The summed E-state index contributed by atoms with van der Waals surface area (Å²) in [5, 5.41) is 10.5. The Bertz CT molecular complexity index is 1160. The molecular formula is C22H24N6O4. The van der Waals surface area contributed by atoms with Gasteiger partial charge in [-0.1, -0.05) is 6.07 Å². The highest BCUT2D eigenvalue weighted by atomic mass is 16.6. The van der Waals surface area contributed by atoms with Crippen molar-refractivity contribution in [3.05, 3.63) is 48.3 Å². The third-order valence-corrected chi connectivity index (χ3v) is 5.02. The van der Waals surface area contributed by atoms with E-state index in [0.717, 1.165) is 24.1 Å². The van der Waals surface area contributed by atoms with Crippen molar-refractivity contribution in [2.75, 3.05) is 24.9 Å². The van der Waals surface area contributed by atoms with Gasteiger partial charge in [0, 0.05) is 37.0 Å². The largest absolute Gasteiger partial charge is 0.494 e. The van der Waals surface area contributed by atoms with E-state index in [0.29, 0.717) is 22.9 Å². The summed E-state index contributed by atoms with van der Waals surface area (Å²) in [5.74, 6) is 0.373. The molecule has 3 N–H and O–H groups in total. The van der Waals surface area contributed by atoms with E-state index in [1.807, 2.05) is 37.5 Å². The van der Waals surface area contributed by atoms with Gasteiger partial charge in [-0.2, -0.15) is 5.10 Å². The molecule has 1 aliphatic rings. The minimum absolute atomic E-state index is 0.0276. The van der Waals surface area contributed by atoms with Crippen LogP contribution in [0.15, 0.2) is 42.7 Å². The molecule has 1 aliphatic carbocycles. The fraction of sp³-hybridized carbons (Fsp3) is 0.273. The van der Waals surface area contributed by atoms with Crippen LogP contribution < -0.4 is 20.9 Å². The second-order valence-electron chi connectivity index (χ2n) is 7.40. The predicted octanol–water partition coefficient (Wildman–Crippen LogP) is 2.87. The van der Waals surface area contributed by atoms with Crippen molar-refractivity contribution in [2.24, 2.45) is 13.0 Å². The Morgan fingerprint density at radius 1 is 1.16 bits per heavy atom. The number of aromatic nitrogens is 3. The molecule has 0 atom stereocenters. The lowest BCUT2D eigenvalue weighted by Crippen LogP contribution is -2.23. The first-order valence-corrected chi connectivity index (χ1v) is 10.1. The number of aryl methyl sites for hydroxylation is 1. The number of carbonyl (C=O) groups is 2. The number of hydroxylamine groups is 1. The summed E-state index contributed by atoms with van der Waals surface area (Å²) < 4.78 is 7.38. The lowest BCUT2D eigenvalue weighted by Gasteiger charge is -2.17. The monoisotopic (exact) mass is 436 g/mol. The predicted molar refractivity (Wildman–Crippen MR) is 119 cm³/mol. The third-order valence-electron chi connectivity index (χ3n) is 5.02. The number of benzene rings is 1. The zero-order valence-electron chi connectivity index (χ0n) is 18.0. The summed E-state index contributed by atoms with van der Waals surface area (Å²) in [7, 11) is 4.76. The van der Waals surface area contributed by atoms with Gasteiger partial charge in [0.25, 0.3) is 5.91 Å². The Hall–Kier alpha value is -3.92. The highest BCUT2D eigenvalue weighted by Gasteiger charge is 2.30. The van der Waals surface area contributed by atoms with Crippen LogP contribution >= 0.6 is 0 Å². The summed E-state index contributed by atoms with van der Waals surface area (Å²) in [6, 6.07) is 9.08. The van der Waals surface area contributed by atoms with Crippen LogP contribution in [0.25, 0.3) is 11.3 Å². The van der Waals surface area contributed by atoms with E-state index >= 15 is 0 Å². The number of carbonyl (C=O) groups excluding carboxylic acids is 2. The maximum Gasteiger partial charge on any atom is 0.278 e. The molecule has 10 nitrogen and oxygen atoms in total. The Kier molecular flexibility index (Phi) is 6.04. The molecule has 0 saturated heterocycles. The van der Waals surface area contributed by atoms with Crippen molar-refractivity contribution in [1.82, 2.24) is 20.2 Å². The van der Waals surface area contributed by atoms with Gasteiger partial charge in [-0.3, -0.25) is 19.1 Å². The molecule has 1 fully saturated rings. The Morgan fingerprint density at radius 2 is 1.97 bits per heavy atom. The number of anilines is 3. The number of para-hydroxylation sites is 1. The fourth-order valence-electron chi connectivity index (χ4n) is 3.29. The second kappa shape index (κ2) is 9.06. The maximum atomic E-state index is 12.5. The average Bonchev–Trinajstić information content (AvgIpc) is 3.55. The smallest absolute Gasteiger partial charge is 0.278 e. The lowest BCUT2D eigenvalue weighted by molar-refractivity contribution is -0.117. The van der Waals surface area contributed by atoms with Crippen LogP contribution in [0, 0.1) is 5.92 Å². The lowest BCUT2D eigenvalue weighted by atomic mass is 10.1. The number of nitrogens with one attached hydrogen (secondary N) is 3. The second-order valence-corrected chi connectivity index (χ2v) is 7.40. The highest BCUT2D eigenvalue weighted by molar-refractivity contribution is 6.01. The normalized spacial score (nSPS) is 12.8. The molecule has 3 aromatic rings. The average molecular weight is 436 g/mol. The zero-order valence-corrected chi connectivity index (χ0v) is 18.0. The summed E-state index contributed by atoms with van der Waals surface area (Å²) in [6.45, 7) is 0. The fourth-order valence-corrected chi connectivity index (χ4v) is 3.29. The molecule has 0 spiro atoms. The minimum atomic E-state index is -0.484. The summed E-state index contributed by atoms with van der Waals surface area (Å²) >= 11 is 0. The first-order valence-electron chi connectivity index (χ1n) is 10.1. The SMILES string of the molecule is CONC(=O)c1cnc(NC(=O)C2CC2)cc1Nc1cccc(-c2ccn(C)n2)c1OC. The van der Waals surface area contributed by atoms with Gasteiger partial charge < -0.3 is 15.4 Å². The zero-order chi connectivity index (χ0) is 22.7. The summed E-state index contributed by atoms with van der Waals surface area (Å²) in [4.78, 5) is 33.6. The Balaban J connectivity index is 1.71. The highest BCUT2D eigenvalue weighted by Crippen LogP contribution is 2.38. The van der Waals surface area contributed by atoms with E-state index in [9.17, 15) is 9.59 Å². The quantitative estimate of drug-likeness (QED) is 0.465. The molecule has 32 heavy (non-hydrogen) atoms. The summed E-state index contributed by atoms with van der Waals surface area (Å²) in [5.41, 5.74) is 5.12. The third kappa shape index (κ3) is 4.54. The standard InChI is InChI=1S/C22H24N6O4/c1-28-10-9-16(26-28)14-5-4-6-17(20(14)31-2)24-18-11-19(25-21(29)13-7-8-13)23-12-15(18)22(30)27-32-3/h4-6,9-13H,7-8H2,1-3H3,(H,27,30)(H2,23,24,25,29). The molecule has 0 bridgehead atoms. The number of amides is 2. The number of pyridine rings is 1. The molecule has 4 rings (SSSR count). The van der Waals surface area contributed by atoms with Crippen LogP contribution in [-0.2, 0) is 16.7 Å². The van der Waals surface area contributed by atoms with E-state index in [1.54, 1.807) is 17.9 Å². The van der Waals surface area contributed by atoms with Gasteiger partial charge in [0.1, 0.15) is 5.82 Å². The van der Waals surface area contributed by atoms with Crippen LogP contribution in [0.1, 0.15) is 23.2 Å². The molecule has 2 heterocycles. The van der Waals surface area contributed by atoms with Gasteiger partial charge in [0.15, 0.2) is 5.75 Å². The van der Waals surface area contributed by atoms with Crippen molar-refractivity contribution in [1.29, 1.82) is 0 Å². The topological polar surface area (TPSA) is 119 Å². The number of nitrogens with zero attached hydrogens (tertiary/aromatic N) is 3. The first-order chi connectivity index (χ1) is 15.5. The number of hydrogen-bond acceptors (Lipinski definition) is 7. The van der Waals surface area contributed by atoms with Gasteiger partial charge in [-0.25, -0.2) is 10.5 Å². The van der Waals surface area contributed by atoms with Crippen LogP contribution in [0.4, 0.5) is 17.2 Å². The van der Waals surface area contributed by atoms with Crippen LogP contribution in [0.2, 0.25) is 0 Å². The van der Waals surface area contributed by atoms with E-state index in [2.05, 4.69) is 26.2 Å². The Morgan fingerprint density at radius 3 is 2.62 bits per heavy atom. The van der Waals surface area contributed by atoms with Crippen molar-refractivity contribution in [3.63, 3.8) is 0 Å². The van der Waals surface area contributed by atoms with Gasteiger partial charge >= 0.3 is 0 Å². The van der Waals surface area contributed by atoms with Crippen molar-refractivity contribution in [3.8, 4) is 17.0 Å². The van der Waals surface area contributed by atoms with Gasteiger partial charge in [0.05, 0.1) is 36.9 Å². The van der Waals surface area contributed by atoms with E-state index in [1.165, 1.54) is 13.3 Å². The molecular weight excluding hydrogens is 412 g/mol. The molecule has 2 aromatic heterocycles. The molecule has 2 amide bonds. The van der Waals surface area contributed by atoms with E-state index in [-0.39, 0.29) is 17.4 Å². The van der Waals surface area contributed by atoms with Crippen LogP contribution in [-0.4, -0.2) is 40.8 Å². The van der Waals surface area contributed by atoms with Crippen molar-refractivity contribution >= 4 is 29.0 Å². The van der Waals surface area contributed by atoms with Gasteiger partial charge in [-0.05, 0) is 31.0 Å². The number of rotatable bonds is 8. The Labute approximate surface area is 184 Å². The number of ether oxygens (including phenoxy) is 1. The van der Waals surface area contributed by atoms with Gasteiger partial charge in [-0.15, -0.1) is 0 Å². The number of methoxy groups -OCH3 is 1. The van der Waals surface area contributed by atoms with E-state index < -0.39 is 5.91 Å². The molecule has 0 aliphatic heterocycles. The molecule has 1 saturated carbocycles. The van der Waals surface area contributed by atoms with Gasteiger partial charge in [0.2, 0.25) is 5.91 Å². The molecule has 0 radical (unpaired) electrons. The molecule has 1 aromatic carbocycles. The van der Waals surface area contributed by atoms with Crippen LogP contribution in [0.3, 0.4) is 0 Å². The summed E-state index contributed by atoms with van der Waals surface area (Å²) in [6.07, 6.45) is 4.99. The van der Waals surface area contributed by atoms with Crippen molar-refractivity contribution in [2.45, 2.75) is 12.8 Å². The molecule has 10 heteroatoms. The first kappa shape index (κ1) is 21.3. The molecule has 0 unspecified atom stereocenters. The van der Waals surface area contributed by atoms with Crippen molar-refractivity contribution < 1.29 is 19.2 Å². The van der Waals surface area contributed by atoms with E-state index in [4.69, 9.17) is 9.57 Å². The molecule has 166 valence electrons. The van der Waals surface area contributed by atoms with Crippen LogP contribution in [0.5, 0.6) is 5.75 Å². The minimum Gasteiger partial charge on any atom is -0.494 e. The maximum absolute atomic E-state index is 12.5. The number of hydrogen-bond donors (Lipinski definition) is 3.